The third-order valence-corrected chi connectivity index (χ3v) is 3.47. The molecule has 0 saturated heterocycles. The molecular weight excluding hydrogens is 266 g/mol. The number of amides is 1. The van der Waals surface area contributed by atoms with Crippen LogP contribution in [0.15, 0.2) is 36.4 Å². The summed E-state index contributed by atoms with van der Waals surface area (Å²) in [7, 11) is 0. The SMILES string of the molecule is CCCOC(=O)c1ccc(NC(=O)C2CC=CCC2)cc1. The molecule has 1 N–H and O–H groups in total. The van der Waals surface area contributed by atoms with Crippen molar-refractivity contribution in [2.45, 2.75) is 32.6 Å². The van der Waals surface area contributed by atoms with Crippen molar-refractivity contribution in [1.82, 2.24) is 0 Å². The first-order valence-electron chi connectivity index (χ1n) is 7.43. The molecule has 0 bridgehead atoms. The van der Waals surface area contributed by atoms with Crippen LogP contribution in [0, 0.1) is 5.92 Å². The Morgan fingerprint density at radius 1 is 1.24 bits per heavy atom. The first-order valence-corrected chi connectivity index (χ1v) is 7.43. The molecule has 0 spiro atoms. The summed E-state index contributed by atoms with van der Waals surface area (Å²) in [5.41, 5.74) is 1.21. The van der Waals surface area contributed by atoms with Crippen molar-refractivity contribution < 1.29 is 14.3 Å². The molecule has 4 heteroatoms. The van der Waals surface area contributed by atoms with E-state index < -0.39 is 0 Å². The van der Waals surface area contributed by atoms with Crippen molar-refractivity contribution in [1.29, 1.82) is 0 Å². The second kappa shape index (κ2) is 7.62. The molecule has 0 aromatic heterocycles. The molecule has 2 rings (SSSR count). The van der Waals surface area contributed by atoms with Crippen LogP contribution in [0.2, 0.25) is 0 Å². The molecule has 1 aliphatic carbocycles. The topological polar surface area (TPSA) is 55.4 Å². The van der Waals surface area contributed by atoms with Gasteiger partial charge in [-0.2, -0.15) is 0 Å². The Balaban J connectivity index is 1.91. The number of rotatable bonds is 5. The van der Waals surface area contributed by atoms with Crippen LogP contribution in [-0.2, 0) is 9.53 Å². The molecule has 1 aliphatic rings. The highest BCUT2D eigenvalue weighted by atomic mass is 16.5. The number of allylic oxidation sites excluding steroid dienone is 2. The maximum atomic E-state index is 12.1. The fourth-order valence-electron chi connectivity index (χ4n) is 2.24. The van der Waals surface area contributed by atoms with E-state index in [0.29, 0.717) is 17.9 Å². The maximum absolute atomic E-state index is 12.1. The quantitative estimate of drug-likeness (QED) is 0.665. The highest BCUT2D eigenvalue weighted by molar-refractivity contribution is 5.94. The predicted molar refractivity (Wildman–Crippen MR) is 82.1 cm³/mol. The van der Waals surface area contributed by atoms with E-state index in [0.717, 1.165) is 25.7 Å². The zero-order valence-electron chi connectivity index (χ0n) is 12.3. The van der Waals surface area contributed by atoms with Crippen molar-refractivity contribution in [3.05, 3.63) is 42.0 Å². The Morgan fingerprint density at radius 3 is 2.62 bits per heavy atom. The van der Waals surface area contributed by atoms with Crippen LogP contribution in [0.5, 0.6) is 0 Å². The molecule has 0 aliphatic heterocycles. The number of carbonyl (C=O) groups is 2. The highest BCUT2D eigenvalue weighted by Gasteiger charge is 2.18. The number of anilines is 1. The normalized spacial score (nSPS) is 17.3. The molecule has 1 aromatic carbocycles. The maximum Gasteiger partial charge on any atom is 0.338 e. The van der Waals surface area contributed by atoms with Crippen molar-refractivity contribution in [2.75, 3.05) is 11.9 Å². The molecule has 1 amide bonds. The molecule has 0 fully saturated rings. The summed E-state index contributed by atoms with van der Waals surface area (Å²) in [6, 6.07) is 6.82. The van der Waals surface area contributed by atoms with Crippen LogP contribution in [0.25, 0.3) is 0 Å². The highest BCUT2D eigenvalue weighted by Crippen LogP contribution is 2.20. The summed E-state index contributed by atoms with van der Waals surface area (Å²) in [6.45, 7) is 2.37. The van der Waals surface area contributed by atoms with Gasteiger partial charge in [0.05, 0.1) is 12.2 Å². The predicted octanol–water partition coefficient (Wildman–Crippen LogP) is 3.55. The van der Waals surface area contributed by atoms with Crippen LogP contribution in [-0.4, -0.2) is 18.5 Å². The van der Waals surface area contributed by atoms with Gasteiger partial charge in [-0.15, -0.1) is 0 Å². The lowest BCUT2D eigenvalue weighted by Crippen LogP contribution is -2.23. The first-order chi connectivity index (χ1) is 10.2. The number of nitrogens with one attached hydrogen (secondary N) is 1. The van der Waals surface area contributed by atoms with Gasteiger partial charge in [0, 0.05) is 11.6 Å². The van der Waals surface area contributed by atoms with Crippen molar-refractivity contribution in [2.24, 2.45) is 5.92 Å². The lowest BCUT2D eigenvalue weighted by atomic mass is 9.93. The Kier molecular flexibility index (Phi) is 5.55. The smallest absolute Gasteiger partial charge is 0.338 e. The minimum Gasteiger partial charge on any atom is -0.462 e. The van der Waals surface area contributed by atoms with Gasteiger partial charge in [0.15, 0.2) is 0 Å². The summed E-state index contributed by atoms with van der Waals surface area (Å²) in [6.07, 6.45) is 7.62. The average Bonchev–Trinajstić information content (AvgIpc) is 2.54. The summed E-state index contributed by atoms with van der Waals surface area (Å²) in [5.74, 6) is -0.239. The van der Waals surface area contributed by atoms with Gasteiger partial charge < -0.3 is 10.1 Å². The molecule has 21 heavy (non-hydrogen) atoms. The van der Waals surface area contributed by atoms with Gasteiger partial charge in [0.2, 0.25) is 5.91 Å². The first kappa shape index (κ1) is 15.3. The van der Waals surface area contributed by atoms with Gasteiger partial charge in [0.1, 0.15) is 0 Å². The van der Waals surface area contributed by atoms with Crippen LogP contribution >= 0.6 is 0 Å². The summed E-state index contributed by atoms with van der Waals surface area (Å²) in [4.78, 5) is 23.8. The lowest BCUT2D eigenvalue weighted by molar-refractivity contribution is -0.120. The molecule has 1 atom stereocenters. The molecule has 0 radical (unpaired) electrons. The van der Waals surface area contributed by atoms with Gasteiger partial charge in [0.25, 0.3) is 0 Å². The Bertz CT molecular complexity index is 519. The number of ether oxygens (including phenoxy) is 1. The number of benzene rings is 1. The van der Waals surface area contributed by atoms with E-state index in [1.165, 1.54) is 0 Å². The second-order valence-electron chi connectivity index (χ2n) is 5.18. The van der Waals surface area contributed by atoms with E-state index in [-0.39, 0.29) is 17.8 Å². The average molecular weight is 287 g/mol. The number of carbonyl (C=O) groups excluding carboxylic acids is 2. The number of hydrogen-bond donors (Lipinski definition) is 1. The van der Waals surface area contributed by atoms with Crippen molar-refractivity contribution in [3.8, 4) is 0 Å². The minimum atomic E-state index is -0.327. The Morgan fingerprint density at radius 2 is 2.00 bits per heavy atom. The largest absolute Gasteiger partial charge is 0.462 e. The molecule has 0 saturated carbocycles. The van der Waals surface area contributed by atoms with Gasteiger partial charge >= 0.3 is 5.97 Å². The summed E-state index contributed by atoms with van der Waals surface area (Å²) < 4.78 is 5.06. The zero-order chi connectivity index (χ0) is 15.1. The lowest BCUT2D eigenvalue weighted by Gasteiger charge is -2.17. The van der Waals surface area contributed by atoms with Crippen LogP contribution < -0.4 is 5.32 Å². The standard InChI is InChI=1S/C17H21NO3/c1-2-12-21-17(20)14-8-10-15(11-9-14)18-16(19)13-6-4-3-5-7-13/h3-4,8-11,13H,2,5-7,12H2,1H3,(H,18,19). The Hall–Kier alpha value is -2.10. The molecule has 4 nitrogen and oxygen atoms in total. The van der Waals surface area contributed by atoms with Gasteiger partial charge in [-0.1, -0.05) is 19.1 Å². The fraction of sp³-hybridized carbons (Fsp3) is 0.412. The molecule has 1 aromatic rings. The Labute approximate surface area is 125 Å². The van der Waals surface area contributed by atoms with Crippen LogP contribution in [0.3, 0.4) is 0 Å². The van der Waals surface area contributed by atoms with Gasteiger partial charge in [-0.05, 0) is 49.9 Å². The van der Waals surface area contributed by atoms with E-state index in [1.54, 1.807) is 24.3 Å². The second-order valence-corrected chi connectivity index (χ2v) is 5.18. The van der Waals surface area contributed by atoms with Gasteiger partial charge in [-0.3, -0.25) is 4.79 Å². The molecule has 1 unspecified atom stereocenters. The van der Waals surface area contributed by atoms with Crippen molar-refractivity contribution in [3.63, 3.8) is 0 Å². The monoisotopic (exact) mass is 287 g/mol. The van der Waals surface area contributed by atoms with Crippen LogP contribution in [0.4, 0.5) is 5.69 Å². The third-order valence-electron chi connectivity index (χ3n) is 3.47. The third kappa shape index (κ3) is 4.45. The number of esters is 1. The summed E-state index contributed by atoms with van der Waals surface area (Å²) in [5, 5.41) is 2.90. The van der Waals surface area contributed by atoms with E-state index in [1.807, 2.05) is 6.92 Å². The summed E-state index contributed by atoms with van der Waals surface area (Å²) >= 11 is 0. The molecule has 112 valence electrons. The molecular formula is C17H21NO3. The zero-order valence-corrected chi connectivity index (χ0v) is 12.3. The fourth-order valence-corrected chi connectivity index (χ4v) is 2.24. The van der Waals surface area contributed by atoms with Gasteiger partial charge in [-0.25, -0.2) is 4.79 Å². The van der Waals surface area contributed by atoms with Crippen molar-refractivity contribution >= 4 is 17.6 Å². The van der Waals surface area contributed by atoms with E-state index in [9.17, 15) is 9.59 Å². The van der Waals surface area contributed by atoms with E-state index >= 15 is 0 Å². The minimum absolute atomic E-state index is 0.0423. The van der Waals surface area contributed by atoms with E-state index in [4.69, 9.17) is 4.74 Å². The number of hydrogen-bond acceptors (Lipinski definition) is 3. The van der Waals surface area contributed by atoms with E-state index in [2.05, 4.69) is 17.5 Å². The molecule has 0 heterocycles. The van der Waals surface area contributed by atoms with Crippen LogP contribution in [0.1, 0.15) is 43.0 Å².